The average molecular weight is 457 g/mol. The average Bonchev–Trinajstić information content (AvgIpc) is 2.76. The van der Waals surface area contributed by atoms with Crippen LogP contribution in [0, 0.1) is 12.8 Å². The maximum Gasteiger partial charge on any atom is 0.408 e. The fourth-order valence-corrected chi connectivity index (χ4v) is 3.40. The van der Waals surface area contributed by atoms with Crippen molar-refractivity contribution in [1.29, 1.82) is 0 Å². The van der Waals surface area contributed by atoms with Gasteiger partial charge in [-0.05, 0) is 56.9 Å². The van der Waals surface area contributed by atoms with E-state index in [0.29, 0.717) is 18.1 Å². The van der Waals surface area contributed by atoms with Crippen molar-refractivity contribution >= 4 is 12.0 Å². The molecule has 180 valence electrons. The third-order valence-electron chi connectivity index (χ3n) is 5.08. The van der Waals surface area contributed by atoms with Crippen molar-refractivity contribution in [3.05, 3.63) is 59.2 Å². The molecule has 2 atom stereocenters. The van der Waals surface area contributed by atoms with Crippen molar-refractivity contribution in [1.82, 2.24) is 10.6 Å². The molecule has 0 fully saturated rings. The summed E-state index contributed by atoms with van der Waals surface area (Å²) < 4.78 is 16.3. The Labute approximate surface area is 196 Å². The topological polar surface area (TPSA) is 85.9 Å². The second-order valence-electron chi connectivity index (χ2n) is 8.52. The summed E-state index contributed by atoms with van der Waals surface area (Å²) in [6.45, 7) is 11.7. The molecule has 0 aliphatic carbocycles. The second kappa shape index (κ2) is 12.1. The predicted molar refractivity (Wildman–Crippen MR) is 129 cm³/mol. The lowest BCUT2D eigenvalue weighted by Gasteiger charge is -2.27. The van der Waals surface area contributed by atoms with Gasteiger partial charge in [-0.3, -0.25) is 4.79 Å². The lowest BCUT2D eigenvalue weighted by molar-refractivity contribution is -0.124. The summed E-state index contributed by atoms with van der Waals surface area (Å²) in [5, 5.41) is 5.80. The normalized spacial score (nSPS) is 12.8. The monoisotopic (exact) mass is 456 g/mol. The van der Waals surface area contributed by atoms with Crippen LogP contribution in [-0.4, -0.2) is 37.9 Å². The number of nitrogens with one attached hydrogen (secondary N) is 2. The van der Waals surface area contributed by atoms with E-state index in [-0.39, 0.29) is 17.9 Å². The van der Waals surface area contributed by atoms with Gasteiger partial charge in [0.05, 0.1) is 25.9 Å². The molecule has 2 N–H and O–H groups in total. The Morgan fingerprint density at radius 1 is 0.909 bits per heavy atom. The van der Waals surface area contributed by atoms with Crippen LogP contribution in [0.4, 0.5) is 4.79 Å². The molecule has 2 amide bonds. The van der Waals surface area contributed by atoms with E-state index in [1.165, 1.54) is 0 Å². The quantitative estimate of drug-likeness (QED) is 0.538. The van der Waals surface area contributed by atoms with Crippen LogP contribution in [0.15, 0.2) is 42.5 Å². The number of benzene rings is 2. The molecule has 7 nitrogen and oxygen atoms in total. The van der Waals surface area contributed by atoms with Gasteiger partial charge in [0.15, 0.2) is 11.5 Å². The van der Waals surface area contributed by atoms with Gasteiger partial charge in [-0.1, -0.05) is 49.7 Å². The molecule has 33 heavy (non-hydrogen) atoms. The van der Waals surface area contributed by atoms with Crippen molar-refractivity contribution in [2.45, 2.75) is 59.7 Å². The number of ether oxygens (including phenoxy) is 3. The minimum atomic E-state index is -0.756. The molecule has 7 heteroatoms. The first-order valence-electron chi connectivity index (χ1n) is 11.3. The zero-order valence-corrected chi connectivity index (χ0v) is 20.6. The Morgan fingerprint density at radius 2 is 1.55 bits per heavy atom. The van der Waals surface area contributed by atoms with Gasteiger partial charge in [-0.15, -0.1) is 0 Å². The standard InChI is InChI=1S/C26H36N2O5/c1-8-32-21-14-13-20(15-22(21)31-7)24(19-11-9-18(6)10-12-19)27-25(29)23(16(2)3)28-26(30)33-17(4)5/h9-17,23-24H,8H2,1-7H3,(H,27,29)(H,28,30)/t23-,24?/m0/s1. The molecular weight excluding hydrogens is 420 g/mol. The lowest BCUT2D eigenvalue weighted by atomic mass is 9.96. The third-order valence-corrected chi connectivity index (χ3v) is 5.08. The fourth-order valence-electron chi connectivity index (χ4n) is 3.40. The van der Waals surface area contributed by atoms with Crippen molar-refractivity contribution < 1.29 is 23.8 Å². The minimum Gasteiger partial charge on any atom is -0.493 e. The minimum absolute atomic E-state index is 0.141. The van der Waals surface area contributed by atoms with Crippen molar-refractivity contribution in [2.24, 2.45) is 5.92 Å². The first kappa shape index (κ1) is 26.0. The number of aryl methyl sites for hydroxylation is 1. The second-order valence-corrected chi connectivity index (χ2v) is 8.52. The molecule has 2 aromatic rings. The summed E-state index contributed by atoms with van der Waals surface area (Å²) in [6.07, 6.45) is -0.897. The van der Waals surface area contributed by atoms with Crippen LogP contribution in [0.1, 0.15) is 57.4 Å². The van der Waals surface area contributed by atoms with Crippen LogP contribution in [0.2, 0.25) is 0 Å². The highest BCUT2D eigenvalue weighted by Crippen LogP contribution is 2.33. The molecule has 0 aliphatic heterocycles. The summed E-state index contributed by atoms with van der Waals surface area (Å²) in [6, 6.07) is 12.4. The van der Waals surface area contributed by atoms with Crippen LogP contribution < -0.4 is 20.1 Å². The number of hydrogen-bond acceptors (Lipinski definition) is 5. The predicted octanol–water partition coefficient (Wildman–Crippen LogP) is 4.77. The first-order chi connectivity index (χ1) is 15.7. The van der Waals surface area contributed by atoms with E-state index < -0.39 is 18.2 Å². The van der Waals surface area contributed by atoms with Crippen LogP contribution in [0.25, 0.3) is 0 Å². The van der Waals surface area contributed by atoms with E-state index in [1.807, 2.05) is 70.2 Å². The highest BCUT2D eigenvalue weighted by Gasteiger charge is 2.28. The molecule has 2 rings (SSSR count). The molecule has 0 saturated carbocycles. The van der Waals surface area contributed by atoms with Gasteiger partial charge in [-0.25, -0.2) is 4.79 Å². The zero-order chi connectivity index (χ0) is 24.5. The molecule has 0 aliphatic rings. The Bertz CT molecular complexity index is 925. The summed E-state index contributed by atoms with van der Waals surface area (Å²) in [5.41, 5.74) is 2.86. The van der Waals surface area contributed by atoms with E-state index in [1.54, 1.807) is 21.0 Å². The summed E-state index contributed by atoms with van der Waals surface area (Å²) in [4.78, 5) is 25.5. The first-order valence-corrected chi connectivity index (χ1v) is 11.3. The maximum absolute atomic E-state index is 13.3. The van der Waals surface area contributed by atoms with Gasteiger partial charge in [0.2, 0.25) is 5.91 Å². The van der Waals surface area contributed by atoms with Gasteiger partial charge in [0.1, 0.15) is 6.04 Å². The fraction of sp³-hybridized carbons (Fsp3) is 0.462. The van der Waals surface area contributed by atoms with E-state index >= 15 is 0 Å². The lowest BCUT2D eigenvalue weighted by Crippen LogP contribution is -2.51. The third kappa shape index (κ3) is 7.41. The maximum atomic E-state index is 13.3. The van der Waals surface area contributed by atoms with Crippen LogP contribution in [0.3, 0.4) is 0 Å². The largest absolute Gasteiger partial charge is 0.493 e. The summed E-state index contributed by atoms with van der Waals surface area (Å²) >= 11 is 0. The van der Waals surface area contributed by atoms with E-state index in [4.69, 9.17) is 14.2 Å². The highest BCUT2D eigenvalue weighted by atomic mass is 16.6. The van der Waals surface area contributed by atoms with Crippen molar-refractivity contribution in [3.8, 4) is 11.5 Å². The SMILES string of the molecule is CCOc1ccc(C(NC(=O)[C@@H](NC(=O)OC(C)C)C(C)C)c2ccc(C)cc2)cc1OC. The molecular formula is C26H36N2O5. The van der Waals surface area contributed by atoms with E-state index in [0.717, 1.165) is 16.7 Å². The summed E-state index contributed by atoms with van der Waals surface area (Å²) in [7, 11) is 1.58. The van der Waals surface area contributed by atoms with E-state index in [2.05, 4.69) is 10.6 Å². The van der Waals surface area contributed by atoms with Crippen molar-refractivity contribution in [3.63, 3.8) is 0 Å². The Balaban J connectivity index is 2.39. The van der Waals surface area contributed by atoms with Crippen LogP contribution in [-0.2, 0) is 9.53 Å². The number of hydrogen-bond donors (Lipinski definition) is 2. The Morgan fingerprint density at radius 3 is 2.09 bits per heavy atom. The number of rotatable bonds is 10. The molecule has 0 heterocycles. The van der Waals surface area contributed by atoms with E-state index in [9.17, 15) is 9.59 Å². The summed E-state index contributed by atoms with van der Waals surface area (Å²) in [5.74, 6) is 0.776. The molecule has 0 aromatic heterocycles. The zero-order valence-electron chi connectivity index (χ0n) is 20.6. The van der Waals surface area contributed by atoms with Gasteiger partial charge in [0, 0.05) is 0 Å². The molecule has 0 spiro atoms. The van der Waals surface area contributed by atoms with Crippen molar-refractivity contribution in [2.75, 3.05) is 13.7 Å². The number of carbonyl (C=O) groups is 2. The molecule has 2 aromatic carbocycles. The highest BCUT2D eigenvalue weighted by molar-refractivity contribution is 5.86. The smallest absolute Gasteiger partial charge is 0.408 e. The van der Waals surface area contributed by atoms with Crippen LogP contribution >= 0.6 is 0 Å². The van der Waals surface area contributed by atoms with Gasteiger partial charge in [-0.2, -0.15) is 0 Å². The van der Waals surface area contributed by atoms with Gasteiger partial charge >= 0.3 is 6.09 Å². The van der Waals surface area contributed by atoms with Gasteiger partial charge < -0.3 is 24.8 Å². The molecule has 0 bridgehead atoms. The Hall–Kier alpha value is -3.22. The number of carbonyl (C=O) groups excluding carboxylic acids is 2. The molecule has 0 saturated heterocycles. The number of amides is 2. The number of methoxy groups -OCH3 is 1. The van der Waals surface area contributed by atoms with Gasteiger partial charge in [0.25, 0.3) is 0 Å². The molecule has 0 radical (unpaired) electrons. The van der Waals surface area contributed by atoms with Crippen LogP contribution in [0.5, 0.6) is 11.5 Å². The molecule has 1 unspecified atom stereocenters. The number of alkyl carbamates (subject to hydrolysis) is 1. The Kier molecular flexibility index (Phi) is 9.57.